The van der Waals surface area contributed by atoms with Gasteiger partial charge in [-0.1, -0.05) is 12.1 Å². The number of nitrogens with zero attached hydrogens (tertiary/aromatic N) is 3. The first-order valence-corrected chi connectivity index (χ1v) is 11.8. The monoisotopic (exact) mass is 474 g/mol. The summed E-state index contributed by atoms with van der Waals surface area (Å²) < 4.78 is 29.6. The van der Waals surface area contributed by atoms with Gasteiger partial charge in [-0.3, -0.25) is 0 Å². The Morgan fingerprint density at radius 2 is 1.76 bits per heavy atom. The highest BCUT2D eigenvalue weighted by molar-refractivity contribution is 5.91. The number of alkyl halides is 2. The van der Waals surface area contributed by atoms with Crippen LogP contribution in [-0.4, -0.2) is 48.8 Å². The molecule has 0 spiro atoms. The van der Waals surface area contributed by atoms with Gasteiger partial charge in [0.1, 0.15) is 11.6 Å². The normalized spacial score (nSPS) is 19.8. The number of fused-ring (bicyclic) bond motifs is 1. The standard InChI is InChI=1S/C24H32F2N6O2/c1-32(2)21-17-7-3-4-8-18(17)29-23(31-21)27-15-11-13-16(14-12-15)28-24(33)30-19-9-5-6-10-20(19)34-22(25)26/h5-6,9-10,15-16,22H,3-4,7-8,11-14H2,1-2H3,(H,27,29,31)(H2,28,30,33)/t15-,16+. The van der Waals surface area contributed by atoms with Gasteiger partial charge in [0.05, 0.1) is 11.4 Å². The molecule has 3 N–H and O–H groups in total. The highest BCUT2D eigenvalue weighted by Crippen LogP contribution is 2.30. The van der Waals surface area contributed by atoms with Crippen LogP contribution < -0.4 is 25.6 Å². The number of rotatable bonds is 7. The van der Waals surface area contributed by atoms with E-state index in [9.17, 15) is 13.6 Å². The van der Waals surface area contributed by atoms with E-state index in [-0.39, 0.29) is 23.5 Å². The van der Waals surface area contributed by atoms with Crippen molar-refractivity contribution in [2.75, 3.05) is 29.6 Å². The van der Waals surface area contributed by atoms with Gasteiger partial charge >= 0.3 is 12.6 Å². The molecule has 34 heavy (non-hydrogen) atoms. The van der Waals surface area contributed by atoms with E-state index in [1.807, 2.05) is 14.1 Å². The van der Waals surface area contributed by atoms with Crippen LogP contribution >= 0.6 is 0 Å². The molecular weight excluding hydrogens is 442 g/mol. The number of benzene rings is 1. The van der Waals surface area contributed by atoms with Crippen LogP contribution in [0.2, 0.25) is 0 Å². The lowest BCUT2D eigenvalue weighted by molar-refractivity contribution is -0.0493. The number of ether oxygens (including phenoxy) is 1. The van der Waals surface area contributed by atoms with Crippen LogP contribution in [0, 0.1) is 0 Å². The van der Waals surface area contributed by atoms with Gasteiger partial charge in [0.15, 0.2) is 0 Å². The fourth-order valence-electron chi connectivity index (χ4n) is 4.69. The molecule has 2 aliphatic rings. The van der Waals surface area contributed by atoms with Gasteiger partial charge in [-0.2, -0.15) is 13.8 Å². The maximum Gasteiger partial charge on any atom is 0.387 e. The molecule has 4 rings (SSSR count). The molecule has 0 radical (unpaired) electrons. The zero-order valence-electron chi connectivity index (χ0n) is 19.6. The molecule has 0 aliphatic heterocycles. The molecule has 1 aromatic carbocycles. The number of hydrogen-bond acceptors (Lipinski definition) is 6. The summed E-state index contributed by atoms with van der Waals surface area (Å²) in [7, 11) is 4.03. The third kappa shape index (κ3) is 6.03. The molecule has 0 atom stereocenters. The van der Waals surface area contributed by atoms with Gasteiger partial charge in [-0.25, -0.2) is 9.78 Å². The van der Waals surface area contributed by atoms with Crippen molar-refractivity contribution in [2.45, 2.75) is 70.1 Å². The van der Waals surface area contributed by atoms with Crippen molar-refractivity contribution < 1.29 is 18.3 Å². The van der Waals surface area contributed by atoms with Crippen LogP contribution in [0.5, 0.6) is 5.75 Å². The summed E-state index contributed by atoms with van der Waals surface area (Å²) in [5.74, 6) is 1.60. The number of carbonyl (C=O) groups excluding carboxylic acids is 1. The van der Waals surface area contributed by atoms with Gasteiger partial charge < -0.3 is 25.6 Å². The number of halogens is 2. The number of amides is 2. The Bertz CT molecular complexity index is 995. The lowest BCUT2D eigenvalue weighted by Gasteiger charge is -2.30. The first-order valence-electron chi connectivity index (χ1n) is 11.8. The SMILES string of the molecule is CN(C)c1nc(N[C@H]2CC[C@@H](NC(=O)Nc3ccccc3OC(F)F)CC2)nc2c1CCCC2. The van der Waals surface area contributed by atoms with Crippen molar-refractivity contribution in [3.8, 4) is 5.75 Å². The van der Waals surface area contributed by atoms with Gasteiger partial charge in [0, 0.05) is 31.7 Å². The van der Waals surface area contributed by atoms with Crippen molar-refractivity contribution >= 4 is 23.5 Å². The zero-order valence-corrected chi connectivity index (χ0v) is 19.6. The van der Waals surface area contributed by atoms with Crippen LogP contribution in [0.1, 0.15) is 49.8 Å². The van der Waals surface area contributed by atoms with Gasteiger partial charge in [0.25, 0.3) is 0 Å². The Kier molecular flexibility index (Phi) is 7.64. The topological polar surface area (TPSA) is 91.4 Å². The first-order chi connectivity index (χ1) is 16.4. The number of anilines is 3. The Balaban J connectivity index is 1.30. The minimum absolute atomic E-state index is 0.00279. The summed E-state index contributed by atoms with van der Waals surface area (Å²) in [6, 6.07) is 5.94. The summed E-state index contributed by atoms with van der Waals surface area (Å²) in [6.07, 6.45) is 7.69. The van der Waals surface area contributed by atoms with Crippen LogP contribution in [-0.2, 0) is 12.8 Å². The van der Waals surface area contributed by atoms with Gasteiger partial charge in [-0.15, -0.1) is 0 Å². The minimum Gasteiger partial charge on any atom is -0.433 e. The smallest absolute Gasteiger partial charge is 0.387 e. The molecule has 1 fully saturated rings. The second kappa shape index (κ2) is 10.8. The molecule has 0 bridgehead atoms. The average molecular weight is 475 g/mol. The number of aryl methyl sites for hydroxylation is 1. The number of aromatic nitrogens is 2. The molecule has 1 saturated carbocycles. The van der Waals surface area contributed by atoms with Crippen LogP contribution in [0.3, 0.4) is 0 Å². The van der Waals surface area contributed by atoms with E-state index in [1.165, 1.54) is 24.1 Å². The molecule has 10 heteroatoms. The van der Waals surface area contributed by atoms with Gasteiger partial charge in [-0.05, 0) is 63.5 Å². The maximum atomic E-state index is 12.6. The molecule has 1 aromatic heterocycles. The second-order valence-electron chi connectivity index (χ2n) is 9.06. The van der Waals surface area contributed by atoms with E-state index in [0.29, 0.717) is 5.95 Å². The number of para-hydroxylation sites is 2. The predicted octanol–water partition coefficient (Wildman–Crippen LogP) is 4.57. The summed E-state index contributed by atoms with van der Waals surface area (Å²) in [5, 5.41) is 9.05. The molecule has 2 amide bonds. The fourth-order valence-corrected chi connectivity index (χ4v) is 4.69. The van der Waals surface area contributed by atoms with Crippen molar-refractivity contribution in [3.05, 3.63) is 35.5 Å². The van der Waals surface area contributed by atoms with E-state index in [4.69, 9.17) is 9.97 Å². The third-order valence-electron chi connectivity index (χ3n) is 6.33. The molecule has 2 aliphatic carbocycles. The number of carbonyl (C=O) groups is 1. The summed E-state index contributed by atoms with van der Waals surface area (Å²) in [4.78, 5) is 24.1. The Morgan fingerprint density at radius 1 is 1.06 bits per heavy atom. The molecule has 0 saturated heterocycles. The summed E-state index contributed by atoms with van der Waals surface area (Å²) >= 11 is 0. The number of hydrogen-bond donors (Lipinski definition) is 3. The van der Waals surface area contributed by atoms with Crippen molar-refractivity contribution in [1.82, 2.24) is 15.3 Å². The Hall–Kier alpha value is -3.17. The van der Waals surface area contributed by atoms with Crippen LogP contribution in [0.25, 0.3) is 0 Å². The predicted molar refractivity (Wildman–Crippen MR) is 128 cm³/mol. The van der Waals surface area contributed by atoms with Crippen molar-refractivity contribution in [1.29, 1.82) is 0 Å². The maximum absolute atomic E-state index is 12.6. The van der Waals surface area contributed by atoms with Crippen molar-refractivity contribution in [2.24, 2.45) is 0 Å². The van der Waals surface area contributed by atoms with Crippen LogP contribution in [0.4, 0.5) is 31.0 Å². The van der Waals surface area contributed by atoms with Crippen molar-refractivity contribution in [3.63, 3.8) is 0 Å². The number of nitrogens with one attached hydrogen (secondary N) is 3. The summed E-state index contributed by atoms with van der Waals surface area (Å²) in [5.41, 5.74) is 2.62. The fraction of sp³-hybridized carbons (Fsp3) is 0.542. The van der Waals surface area contributed by atoms with E-state index in [2.05, 4.69) is 25.6 Å². The first kappa shape index (κ1) is 24.0. The van der Waals surface area contributed by atoms with E-state index in [0.717, 1.165) is 56.5 Å². The Morgan fingerprint density at radius 3 is 2.50 bits per heavy atom. The third-order valence-corrected chi connectivity index (χ3v) is 6.33. The molecule has 1 heterocycles. The van der Waals surface area contributed by atoms with Crippen LogP contribution in [0.15, 0.2) is 24.3 Å². The Labute approximate surface area is 198 Å². The highest BCUT2D eigenvalue weighted by Gasteiger charge is 2.25. The minimum atomic E-state index is -2.96. The van der Waals surface area contributed by atoms with E-state index in [1.54, 1.807) is 12.1 Å². The quantitative estimate of drug-likeness (QED) is 0.545. The molecule has 0 unspecified atom stereocenters. The van der Waals surface area contributed by atoms with E-state index < -0.39 is 12.6 Å². The highest BCUT2D eigenvalue weighted by atomic mass is 19.3. The lowest BCUT2D eigenvalue weighted by Crippen LogP contribution is -2.42. The van der Waals surface area contributed by atoms with E-state index >= 15 is 0 Å². The molecule has 2 aromatic rings. The zero-order chi connectivity index (χ0) is 24.1. The largest absolute Gasteiger partial charge is 0.433 e. The summed E-state index contributed by atoms with van der Waals surface area (Å²) in [6.45, 7) is -2.96. The molecular formula is C24H32F2N6O2. The molecule has 184 valence electrons. The average Bonchev–Trinajstić information content (AvgIpc) is 2.80. The second-order valence-corrected chi connectivity index (χ2v) is 9.06. The number of urea groups is 1. The lowest BCUT2D eigenvalue weighted by atomic mass is 9.91. The molecule has 8 nitrogen and oxygen atoms in total. The van der Waals surface area contributed by atoms with Gasteiger partial charge in [0.2, 0.25) is 5.95 Å².